The molecule has 5 rings (SSSR count). The Morgan fingerprint density at radius 1 is 1.00 bits per heavy atom. The van der Waals surface area contributed by atoms with Crippen molar-refractivity contribution in [3.05, 3.63) is 71.0 Å². The Bertz CT molecular complexity index is 1400. The summed E-state index contributed by atoms with van der Waals surface area (Å²) < 4.78 is 35.7. The van der Waals surface area contributed by atoms with Gasteiger partial charge in [0, 0.05) is 28.1 Å². The summed E-state index contributed by atoms with van der Waals surface area (Å²) in [6, 6.07) is 15.2. The summed E-state index contributed by atoms with van der Waals surface area (Å²) >= 11 is 0. The molecule has 4 aromatic rings. The highest BCUT2D eigenvalue weighted by molar-refractivity contribution is 7.92. The Kier molecular flexibility index (Phi) is 4.40. The molecule has 0 saturated carbocycles. The number of sulfonamides is 1. The Hall–Kier alpha value is -2.79. The van der Waals surface area contributed by atoms with Crippen LogP contribution in [0, 0.1) is 19.8 Å². The summed E-state index contributed by atoms with van der Waals surface area (Å²) in [6.07, 6.45) is 3.02. The molecule has 1 heterocycles. The lowest BCUT2D eigenvalue weighted by molar-refractivity contribution is 0.427. The molecule has 4 nitrogen and oxygen atoms in total. The SMILES string of the molecule is Cc1ccc(S(=O)(=O)Nc2cc3c4c(oc3c3ccccc23)C[C@@H](C)CC4)c(C)c1. The van der Waals surface area contributed by atoms with Crippen LogP contribution in [0.1, 0.15) is 35.8 Å². The molecular formula is C25H25NO3S. The van der Waals surface area contributed by atoms with Crippen LogP contribution < -0.4 is 4.72 Å². The number of hydrogen-bond acceptors (Lipinski definition) is 3. The van der Waals surface area contributed by atoms with E-state index in [9.17, 15) is 8.42 Å². The van der Waals surface area contributed by atoms with Crippen molar-refractivity contribution in [3.8, 4) is 0 Å². The topological polar surface area (TPSA) is 59.3 Å². The second-order valence-electron chi connectivity index (χ2n) is 8.57. The molecule has 0 spiro atoms. The molecule has 0 saturated heterocycles. The van der Waals surface area contributed by atoms with Crippen LogP contribution in [-0.2, 0) is 22.9 Å². The molecule has 1 aliphatic rings. The monoisotopic (exact) mass is 419 g/mol. The van der Waals surface area contributed by atoms with Crippen molar-refractivity contribution in [3.63, 3.8) is 0 Å². The van der Waals surface area contributed by atoms with E-state index in [-0.39, 0.29) is 0 Å². The minimum atomic E-state index is -3.71. The van der Waals surface area contributed by atoms with Crippen LogP contribution in [0.2, 0.25) is 0 Å². The van der Waals surface area contributed by atoms with Crippen molar-refractivity contribution in [2.75, 3.05) is 4.72 Å². The number of nitrogens with one attached hydrogen (secondary N) is 1. The zero-order valence-electron chi connectivity index (χ0n) is 17.5. The number of hydrogen-bond donors (Lipinski definition) is 1. The predicted octanol–water partition coefficient (Wildman–Crippen LogP) is 6.13. The molecular weight excluding hydrogens is 394 g/mol. The maximum absolute atomic E-state index is 13.2. The van der Waals surface area contributed by atoms with E-state index >= 15 is 0 Å². The molecule has 1 aliphatic carbocycles. The van der Waals surface area contributed by atoms with Gasteiger partial charge in [-0.05, 0) is 50.3 Å². The maximum atomic E-state index is 13.2. The minimum absolute atomic E-state index is 0.306. The van der Waals surface area contributed by atoms with E-state index in [1.807, 2.05) is 56.3 Å². The lowest BCUT2D eigenvalue weighted by Gasteiger charge is -2.16. The summed E-state index contributed by atoms with van der Waals surface area (Å²) in [4.78, 5) is 0.306. The lowest BCUT2D eigenvalue weighted by Crippen LogP contribution is -2.14. The second-order valence-corrected chi connectivity index (χ2v) is 10.2. The fourth-order valence-corrected chi connectivity index (χ4v) is 5.95. The van der Waals surface area contributed by atoms with Crippen LogP contribution in [0.5, 0.6) is 0 Å². The highest BCUT2D eigenvalue weighted by Crippen LogP contribution is 2.40. The van der Waals surface area contributed by atoms with Crippen LogP contribution in [0.15, 0.2) is 57.8 Å². The molecule has 154 valence electrons. The summed E-state index contributed by atoms with van der Waals surface area (Å²) in [5, 5.41) is 2.81. The maximum Gasteiger partial charge on any atom is 0.262 e. The minimum Gasteiger partial charge on any atom is -0.460 e. The summed E-state index contributed by atoms with van der Waals surface area (Å²) in [5.74, 6) is 1.65. The summed E-state index contributed by atoms with van der Waals surface area (Å²) in [7, 11) is -3.71. The largest absolute Gasteiger partial charge is 0.460 e. The zero-order valence-corrected chi connectivity index (χ0v) is 18.3. The van der Waals surface area contributed by atoms with Gasteiger partial charge in [0.1, 0.15) is 11.3 Å². The number of fused-ring (bicyclic) bond motifs is 5. The van der Waals surface area contributed by atoms with Crippen molar-refractivity contribution in [2.45, 2.75) is 44.9 Å². The number of aryl methyl sites for hydroxylation is 3. The number of anilines is 1. The first-order valence-corrected chi connectivity index (χ1v) is 11.9. The van der Waals surface area contributed by atoms with Gasteiger partial charge in [-0.2, -0.15) is 0 Å². The molecule has 3 aromatic carbocycles. The third-order valence-electron chi connectivity index (χ3n) is 6.17. The Morgan fingerprint density at radius 3 is 2.53 bits per heavy atom. The quantitative estimate of drug-likeness (QED) is 0.435. The van der Waals surface area contributed by atoms with Crippen LogP contribution in [-0.4, -0.2) is 8.42 Å². The average Bonchev–Trinajstić information content (AvgIpc) is 3.05. The molecule has 1 aromatic heterocycles. The summed E-state index contributed by atoms with van der Waals surface area (Å²) in [5.41, 5.74) is 4.46. The van der Waals surface area contributed by atoms with Crippen molar-refractivity contribution in [1.82, 2.24) is 0 Å². The molecule has 5 heteroatoms. The van der Waals surface area contributed by atoms with E-state index in [4.69, 9.17) is 4.42 Å². The lowest BCUT2D eigenvalue weighted by atomic mass is 9.88. The standard InChI is InChI=1S/C25H25NO3S/c1-15-9-11-24(17(3)12-15)30(27,28)26-22-14-21-19-10-8-16(2)13-23(19)29-25(21)20-7-5-4-6-18(20)22/h4-7,9,11-12,14,16,26H,8,10,13H2,1-3H3/t16-/m0/s1. The second kappa shape index (κ2) is 6.88. The van der Waals surface area contributed by atoms with Crippen LogP contribution >= 0.6 is 0 Å². The van der Waals surface area contributed by atoms with Gasteiger partial charge in [-0.1, -0.05) is 48.9 Å². The molecule has 1 N–H and O–H groups in total. The van der Waals surface area contributed by atoms with E-state index in [0.29, 0.717) is 16.5 Å². The molecule has 0 radical (unpaired) electrons. The van der Waals surface area contributed by atoms with E-state index in [2.05, 4.69) is 11.6 Å². The van der Waals surface area contributed by atoms with Gasteiger partial charge in [0.2, 0.25) is 0 Å². The fraction of sp³-hybridized carbons (Fsp3) is 0.280. The van der Waals surface area contributed by atoms with Gasteiger partial charge in [-0.3, -0.25) is 4.72 Å². The first-order chi connectivity index (χ1) is 14.3. The van der Waals surface area contributed by atoms with Crippen molar-refractivity contribution in [2.24, 2.45) is 5.92 Å². The molecule has 0 amide bonds. The smallest absolute Gasteiger partial charge is 0.262 e. The molecule has 30 heavy (non-hydrogen) atoms. The van der Waals surface area contributed by atoms with Crippen LogP contribution in [0.25, 0.3) is 21.7 Å². The number of benzene rings is 3. The van der Waals surface area contributed by atoms with Gasteiger partial charge in [-0.25, -0.2) is 8.42 Å². The fourth-order valence-electron chi connectivity index (χ4n) is 4.65. The molecule has 0 unspecified atom stereocenters. The highest BCUT2D eigenvalue weighted by Gasteiger charge is 2.25. The molecule has 0 bridgehead atoms. The van der Waals surface area contributed by atoms with Crippen LogP contribution in [0.3, 0.4) is 0 Å². The molecule has 0 fully saturated rings. The van der Waals surface area contributed by atoms with Gasteiger partial charge in [0.25, 0.3) is 10.0 Å². The Labute approximate surface area is 177 Å². The van der Waals surface area contributed by atoms with E-state index < -0.39 is 10.0 Å². The first kappa shape index (κ1) is 19.2. The van der Waals surface area contributed by atoms with Gasteiger partial charge in [-0.15, -0.1) is 0 Å². The predicted molar refractivity (Wildman–Crippen MR) is 122 cm³/mol. The summed E-state index contributed by atoms with van der Waals surface area (Å²) in [6.45, 7) is 6.04. The third-order valence-corrected chi connectivity index (χ3v) is 7.69. The van der Waals surface area contributed by atoms with E-state index in [1.54, 1.807) is 6.07 Å². The molecule has 0 aliphatic heterocycles. The highest BCUT2D eigenvalue weighted by atomic mass is 32.2. The van der Waals surface area contributed by atoms with E-state index in [0.717, 1.165) is 57.9 Å². The van der Waals surface area contributed by atoms with Gasteiger partial charge < -0.3 is 4.42 Å². The first-order valence-electron chi connectivity index (χ1n) is 10.4. The van der Waals surface area contributed by atoms with E-state index in [1.165, 1.54) is 5.56 Å². The zero-order chi connectivity index (χ0) is 21.0. The average molecular weight is 420 g/mol. The van der Waals surface area contributed by atoms with Crippen LogP contribution in [0.4, 0.5) is 5.69 Å². The molecule has 1 atom stereocenters. The van der Waals surface area contributed by atoms with Gasteiger partial charge >= 0.3 is 0 Å². The van der Waals surface area contributed by atoms with Crippen molar-refractivity contribution < 1.29 is 12.8 Å². The number of furan rings is 1. The Morgan fingerprint density at radius 2 is 1.77 bits per heavy atom. The Balaban J connectivity index is 1.70. The van der Waals surface area contributed by atoms with Gasteiger partial charge in [0.15, 0.2) is 0 Å². The third kappa shape index (κ3) is 3.08. The van der Waals surface area contributed by atoms with Crippen molar-refractivity contribution >= 4 is 37.5 Å². The normalized spacial score (nSPS) is 16.7. The number of rotatable bonds is 3. The van der Waals surface area contributed by atoms with Gasteiger partial charge in [0.05, 0.1) is 10.6 Å². The van der Waals surface area contributed by atoms with Crippen molar-refractivity contribution in [1.29, 1.82) is 0 Å².